The molecule has 2 aromatic carbocycles. The number of rotatable bonds is 2. The maximum atomic E-state index is 10.1. The molecule has 2 N–H and O–H groups in total. The summed E-state index contributed by atoms with van der Waals surface area (Å²) >= 11 is 0. The first-order valence-corrected chi connectivity index (χ1v) is 8.75. The van der Waals surface area contributed by atoms with Crippen molar-refractivity contribution < 1.29 is 5.11 Å². The number of aromatic hydroxyl groups is 1. The number of phenolic OH excluding ortho intramolecular Hbond substituents is 1. The van der Waals surface area contributed by atoms with E-state index in [0.29, 0.717) is 11.3 Å². The lowest BCUT2D eigenvalue weighted by atomic mass is 10.0. The molecular formula is C21H18N4O. The predicted octanol–water partition coefficient (Wildman–Crippen LogP) is 3.89. The summed E-state index contributed by atoms with van der Waals surface area (Å²) < 4.78 is 0. The number of fused-ring (bicyclic) bond motifs is 3. The molecule has 5 rings (SSSR count). The van der Waals surface area contributed by atoms with E-state index in [4.69, 9.17) is 0 Å². The lowest BCUT2D eigenvalue weighted by molar-refractivity contribution is 0.477. The van der Waals surface area contributed by atoms with Gasteiger partial charge < -0.3 is 15.0 Å². The molecule has 0 spiro atoms. The van der Waals surface area contributed by atoms with Crippen molar-refractivity contribution in [2.24, 2.45) is 0 Å². The number of phenols is 1. The van der Waals surface area contributed by atoms with Crippen LogP contribution in [-0.4, -0.2) is 26.8 Å². The third-order valence-electron chi connectivity index (χ3n) is 5.03. The van der Waals surface area contributed by atoms with Crippen molar-refractivity contribution >= 4 is 16.7 Å². The van der Waals surface area contributed by atoms with Gasteiger partial charge in [0.05, 0.1) is 5.69 Å². The maximum Gasteiger partial charge on any atom is 0.160 e. The van der Waals surface area contributed by atoms with Gasteiger partial charge in [0, 0.05) is 47.4 Å². The molecule has 2 aromatic heterocycles. The second-order valence-electron chi connectivity index (χ2n) is 6.60. The van der Waals surface area contributed by atoms with Crippen LogP contribution in [0.15, 0.2) is 60.7 Å². The minimum absolute atomic E-state index is 0.219. The van der Waals surface area contributed by atoms with Crippen molar-refractivity contribution in [1.82, 2.24) is 15.2 Å². The van der Waals surface area contributed by atoms with Gasteiger partial charge in [-0.05, 0) is 30.3 Å². The van der Waals surface area contributed by atoms with Gasteiger partial charge in [-0.2, -0.15) is 0 Å². The Labute approximate surface area is 150 Å². The molecule has 0 aliphatic carbocycles. The van der Waals surface area contributed by atoms with Gasteiger partial charge in [-0.25, -0.2) is 0 Å². The van der Waals surface area contributed by atoms with Gasteiger partial charge in [0.25, 0.3) is 0 Å². The minimum atomic E-state index is 0.219. The number of nitrogens with zero attached hydrogens (tertiary/aromatic N) is 3. The normalized spacial score (nSPS) is 13.8. The van der Waals surface area contributed by atoms with E-state index < -0.39 is 0 Å². The standard InChI is InChI=1S/C21H18N4O/c26-20-9-5-4-8-15(20)19-12-16-17-13-25(14-6-2-1-3-7-14)11-10-18(17)22-21(16)24-23-19/h1-9,12,26H,10-11,13H2,(H,22,24). The lowest BCUT2D eigenvalue weighted by Crippen LogP contribution is -2.29. The van der Waals surface area contributed by atoms with E-state index in [9.17, 15) is 5.11 Å². The quantitative estimate of drug-likeness (QED) is 0.580. The van der Waals surface area contributed by atoms with Crippen molar-refractivity contribution in [2.75, 3.05) is 11.4 Å². The summed E-state index contributed by atoms with van der Waals surface area (Å²) in [5, 5.41) is 19.9. The van der Waals surface area contributed by atoms with Crippen molar-refractivity contribution in [3.63, 3.8) is 0 Å². The van der Waals surface area contributed by atoms with E-state index >= 15 is 0 Å². The molecular weight excluding hydrogens is 324 g/mol. The summed E-state index contributed by atoms with van der Waals surface area (Å²) in [4.78, 5) is 5.80. The Morgan fingerprint density at radius 1 is 0.962 bits per heavy atom. The van der Waals surface area contributed by atoms with Crippen molar-refractivity contribution in [3.05, 3.63) is 71.9 Å². The van der Waals surface area contributed by atoms with Gasteiger partial charge in [0.15, 0.2) is 5.65 Å². The highest BCUT2D eigenvalue weighted by Crippen LogP contribution is 2.33. The van der Waals surface area contributed by atoms with Gasteiger partial charge in [-0.1, -0.05) is 30.3 Å². The fraction of sp³-hybridized carbons (Fsp3) is 0.143. The van der Waals surface area contributed by atoms with Crippen LogP contribution in [0.1, 0.15) is 11.3 Å². The molecule has 1 aliphatic rings. The first-order valence-electron chi connectivity index (χ1n) is 8.75. The molecule has 0 saturated heterocycles. The zero-order valence-electron chi connectivity index (χ0n) is 14.2. The second kappa shape index (κ2) is 5.88. The number of anilines is 1. The number of aromatic amines is 1. The van der Waals surface area contributed by atoms with Crippen LogP contribution in [0.3, 0.4) is 0 Å². The molecule has 0 amide bonds. The topological polar surface area (TPSA) is 65.0 Å². The average molecular weight is 342 g/mol. The average Bonchev–Trinajstić information content (AvgIpc) is 3.06. The number of benzene rings is 2. The number of aromatic nitrogens is 3. The molecule has 1 aliphatic heterocycles. The van der Waals surface area contributed by atoms with E-state index in [-0.39, 0.29) is 5.75 Å². The van der Waals surface area contributed by atoms with Gasteiger partial charge in [0.2, 0.25) is 0 Å². The zero-order valence-corrected chi connectivity index (χ0v) is 14.2. The molecule has 4 aromatic rings. The largest absolute Gasteiger partial charge is 0.507 e. The number of H-pyrrole nitrogens is 1. The van der Waals surface area contributed by atoms with Crippen LogP contribution in [0.25, 0.3) is 22.3 Å². The molecule has 5 heteroatoms. The summed E-state index contributed by atoms with van der Waals surface area (Å²) in [7, 11) is 0. The first kappa shape index (κ1) is 15.0. The van der Waals surface area contributed by atoms with Crippen LogP contribution < -0.4 is 4.90 Å². The smallest absolute Gasteiger partial charge is 0.160 e. The number of hydrogen-bond donors (Lipinski definition) is 2. The Hall–Kier alpha value is -3.34. The van der Waals surface area contributed by atoms with Crippen LogP contribution in [0.5, 0.6) is 5.75 Å². The maximum absolute atomic E-state index is 10.1. The second-order valence-corrected chi connectivity index (χ2v) is 6.60. The molecule has 0 radical (unpaired) electrons. The Balaban J connectivity index is 1.59. The summed E-state index contributed by atoms with van der Waals surface area (Å²) in [6, 6.07) is 19.7. The first-order chi connectivity index (χ1) is 12.8. The SMILES string of the molecule is Oc1ccccc1-c1cc2c3c([nH]c2nn1)CCN(c1ccccc1)C3. The molecule has 26 heavy (non-hydrogen) atoms. The summed E-state index contributed by atoms with van der Waals surface area (Å²) in [6.07, 6.45) is 0.951. The van der Waals surface area contributed by atoms with Gasteiger partial charge in [-0.15, -0.1) is 10.2 Å². The van der Waals surface area contributed by atoms with E-state index in [1.165, 1.54) is 16.9 Å². The van der Waals surface area contributed by atoms with Crippen LogP contribution in [0.4, 0.5) is 5.69 Å². The third-order valence-corrected chi connectivity index (χ3v) is 5.03. The predicted molar refractivity (Wildman–Crippen MR) is 102 cm³/mol. The molecule has 0 saturated carbocycles. The molecule has 0 bridgehead atoms. The highest BCUT2D eigenvalue weighted by atomic mass is 16.3. The molecule has 0 fully saturated rings. The summed E-state index contributed by atoms with van der Waals surface area (Å²) in [5.41, 5.74) is 5.93. The van der Waals surface area contributed by atoms with E-state index in [1.54, 1.807) is 12.1 Å². The highest BCUT2D eigenvalue weighted by Gasteiger charge is 2.22. The van der Waals surface area contributed by atoms with Crippen molar-refractivity contribution in [2.45, 2.75) is 13.0 Å². The van der Waals surface area contributed by atoms with Crippen LogP contribution in [0.2, 0.25) is 0 Å². The van der Waals surface area contributed by atoms with Gasteiger partial charge in [0.1, 0.15) is 5.75 Å². The summed E-state index contributed by atoms with van der Waals surface area (Å²) in [6.45, 7) is 1.81. The van der Waals surface area contributed by atoms with Crippen LogP contribution in [-0.2, 0) is 13.0 Å². The van der Waals surface area contributed by atoms with Crippen molar-refractivity contribution in [1.29, 1.82) is 0 Å². The van der Waals surface area contributed by atoms with Gasteiger partial charge in [-0.3, -0.25) is 0 Å². The monoisotopic (exact) mass is 342 g/mol. The zero-order chi connectivity index (χ0) is 17.5. The fourth-order valence-corrected chi connectivity index (χ4v) is 3.69. The van der Waals surface area contributed by atoms with Crippen LogP contribution in [0, 0.1) is 0 Å². The third kappa shape index (κ3) is 2.40. The van der Waals surface area contributed by atoms with E-state index in [2.05, 4.69) is 44.3 Å². The Morgan fingerprint density at radius 3 is 2.62 bits per heavy atom. The molecule has 0 unspecified atom stereocenters. The Morgan fingerprint density at radius 2 is 1.77 bits per heavy atom. The minimum Gasteiger partial charge on any atom is -0.507 e. The highest BCUT2D eigenvalue weighted by molar-refractivity contribution is 5.86. The number of para-hydroxylation sites is 2. The molecule has 5 nitrogen and oxygen atoms in total. The summed E-state index contributed by atoms with van der Waals surface area (Å²) in [5.74, 6) is 0.219. The molecule has 128 valence electrons. The van der Waals surface area contributed by atoms with Crippen molar-refractivity contribution in [3.8, 4) is 17.0 Å². The molecule has 0 atom stereocenters. The number of hydrogen-bond acceptors (Lipinski definition) is 4. The fourth-order valence-electron chi connectivity index (χ4n) is 3.69. The Kier molecular flexibility index (Phi) is 3.38. The van der Waals surface area contributed by atoms with Crippen LogP contribution >= 0.6 is 0 Å². The lowest BCUT2D eigenvalue weighted by Gasteiger charge is -2.29. The Bertz CT molecular complexity index is 1090. The molecule has 3 heterocycles. The van der Waals surface area contributed by atoms with Gasteiger partial charge >= 0.3 is 0 Å². The van der Waals surface area contributed by atoms with E-state index in [1.807, 2.05) is 24.3 Å². The number of nitrogens with one attached hydrogen (secondary N) is 1. The van der Waals surface area contributed by atoms with E-state index in [0.717, 1.165) is 30.5 Å².